The molecule has 1 rings (SSSR count). The van der Waals surface area contributed by atoms with E-state index >= 15 is 0 Å². The van der Waals surface area contributed by atoms with Gasteiger partial charge in [0.1, 0.15) is 3.57 Å². The highest BCUT2D eigenvalue weighted by Crippen LogP contribution is 2.32. The van der Waals surface area contributed by atoms with Crippen molar-refractivity contribution >= 4 is 44.4 Å². The zero-order valence-corrected chi connectivity index (χ0v) is 23.3. The summed E-state index contributed by atoms with van der Waals surface area (Å²) in [5, 5.41) is 24.3. The van der Waals surface area contributed by atoms with Crippen LogP contribution in [0.3, 0.4) is 0 Å². The molecule has 2 amide bonds. The van der Waals surface area contributed by atoms with Crippen molar-refractivity contribution in [3.8, 4) is 0 Å². The monoisotopic (exact) mass is 619 g/mol. The topological polar surface area (TPSA) is 150 Å². The van der Waals surface area contributed by atoms with Crippen LogP contribution >= 0.6 is 21.2 Å². The molecule has 0 saturated heterocycles. The smallest absolute Gasteiger partial charge is 0.292 e. The van der Waals surface area contributed by atoms with E-state index < -0.39 is 59.8 Å². The molecule has 10 nitrogen and oxygen atoms in total. The number of imide groups is 1. The summed E-state index contributed by atoms with van der Waals surface area (Å²) in [5.41, 5.74) is -1.90. The molecular formula is C25H38IN3O7. The number of nitro groups is 2. The fourth-order valence-electron chi connectivity index (χ4n) is 3.99. The van der Waals surface area contributed by atoms with Crippen LogP contribution in [0.1, 0.15) is 120 Å². The first-order valence-electron chi connectivity index (χ1n) is 12.9. The van der Waals surface area contributed by atoms with Crippen molar-refractivity contribution in [2.24, 2.45) is 0 Å². The third-order valence-electron chi connectivity index (χ3n) is 6.03. The summed E-state index contributed by atoms with van der Waals surface area (Å²) >= 11 is -2.18. The predicted octanol–water partition coefficient (Wildman–Crippen LogP) is 7.51. The Hall–Kier alpha value is -2.31. The van der Waals surface area contributed by atoms with Crippen molar-refractivity contribution in [1.29, 1.82) is 0 Å². The van der Waals surface area contributed by atoms with E-state index in [1.54, 1.807) is 0 Å². The van der Waals surface area contributed by atoms with E-state index in [0.29, 0.717) is 12.5 Å². The first-order valence-corrected chi connectivity index (χ1v) is 14.9. The second-order valence-corrected chi connectivity index (χ2v) is 10.5. The van der Waals surface area contributed by atoms with Gasteiger partial charge >= 0.3 is 0 Å². The third-order valence-corrected chi connectivity index (χ3v) is 7.60. The van der Waals surface area contributed by atoms with Crippen LogP contribution in [-0.4, -0.2) is 21.7 Å². The predicted molar refractivity (Wildman–Crippen MR) is 145 cm³/mol. The summed E-state index contributed by atoms with van der Waals surface area (Å²) in [6.45, 7) is 2.23. The number of amides is 2. The number of carbonyl (C=O) groups is 2. The van der Waals surface area contributed by atoms with E-state index in [-0.39, 0.29) is 9.99 Å². The lowest BCUT2D eigenvalue weighted by Crippen LogP contribution is -2.31. The van der Waals surface area contributed by atoms with Crippen molar-refractivity contribution in [2.75, 3.05) is 0 Å². The number of hydrogen-bond acceptors (Lipinski definition) is 7. The number of unbranched alkanes of at least 4 members (excludes halogenated alkanes) is 14. The highest BCUT2D eigenvalue weighted by atomic mass is 127. The molecule has 0 bridgehead atoms. The van der Waals surface area contributed by atoms with E-state index in [2.05, 4.69) is 12.2 Å². The van der Waals surface area contributed by atoms with Crippen LogP contribution in [0.5, 0.6) is 0 Å². The number of halogens is 1. The first-order chi connectivity index (χ1) is 17.3. The van der Waals surface area contributed by atoms with Crippen LogP contribution in [0.15, 0.2) is 12.1 Å². The van der Waals surface area contributed by atoms with E-state index in [4.69, 9.17) is 0 Å². The molecule has 0 aliphatic rings. The van der Waals surface area contributed by atoms with Crippen LogP contribution in [0.2, 0.25) is 0 Å². The molecule has 0 spiro atoms. The maximum atomic E-state index is 12.4. The van der Waals surface area contributed by atoms with Gasteiger partial charge in [-0.15, -0.1) is 0 Å². The van der Waals surface area contributed by atoms with Gasteiger partial charge in [0, 0.05) is 12.5 Å². The Morgan fingerprint density at radius 2 is 1.25 bits per heavy atom. The van der Waals surface area contributed by atoms with E-state index in [9.17, 15) is 32.9 Å². The molecule has 11 heteroatoms. The van der Waals surface area contributed by atoms with Crippen LogP contribution in [0, 0.1) is 23.8 Å². The Labute approximate surface area is 222 Å². The minimum atomic E-state index is -2.18. The minimum Gasteiger partial charge on any atom is -0.292 e. The number of nitrogens with one attached hydrogen (secondary N) is 1. The van der Waals surface area contributed by atoms with Gasteiger partial charge in [0.2, 0.25) is 5.91 Å². The number of nitro benzene ring substituents is 2. The summed E-state index contributed by atoms with van der Waals surface area (Å²) in [5.74, 6) is -1.59. The molecule has 36 heavy (non-hydrogen) atoms. The Morgan fingerprint density at radius 3 is 1.67 bits per heavy atom. The fraction of sp³-hybridized carbons (Fsp3) is 0.680. The standard InChI is InChI=1S/C25H38IN3O7/c1-2-3-4-5-6-7-8-9-10-11-12-13-14-15-16-17-23(30)27-25(31)21-18-20(28(33)34)19-22(29(35)36)24(21)26-32/h18-19H,2-17H2,1H3,(H,27,30,31). The zero-order chi connectivity index (χ0) is 26.8. The zero-order valence-electron chi connectivity index (χ0n) is 21.1. The summed E-state index contributed by atoms with van der Waals surface area (Å²) in [6.07, 6.45) is 18.0. The largest absolute Gasteiger partial charge is 0.293 e. The molecule has 0 radical (unpaired) electrons. The van der Waals surface area contributed by atoms with E-state index in [0.717, 1.165) is 25.3 Å². The maximum absolute atomic E-state index is 12.4. The van der Waals surface area contributed by atoms with Gasteiger partial charge in [0.15, 0.2) is 21.2 Å². The molecule has 0 saturated carbocycles. The lowest BCUT2D eigenvalue weighted by atomic mass is 10.0. The van der Waals surface area contributed by atoms with Gasteiger partial charge in [-0.2, -0.15) is 0 Å². The average Bonchev–Trinajstić information content (AvgIpc) is 2.85. The van der Waals surface area contributed by atoms with Gasteiger partial charge in [0.05, 0.1) is 21.5 Å². The molecule has 1 aromatic carbocycles. The lowest BCUT2D eigenvalue weighted by Gasteiger charge is -2.07. The molecule has 0 atom stereocenters. The minimum absolute atomic E-state index is 0.1000. The van der Waals surface area contributed by atoms with Gasteiger partial charge < -0.3 is 0 Å². The van der Waals surface area contributed by atoms with Crippen molar-refractivity contribution in [3.05, 3.63) is 41.5 Å². The number of hydrogen-bond donors (Lipinski definition) is 1. The third kappa shape index (κ3) is 12.6. The van der Waals surface area contributed by atoms with Gasteiger partial charge in [-0.3, -0.25) is 38.2 Å². The van der Waals surface area contributed by atoms with Crippen LogP contribution < -0.4 is 5.32 Å². The van der Waals surface area contributed by atoms with Gasteiger partial charge in [-0.1, -0.05) is 96.8 Å². The molecular weight excluding hydrogens is 581 g/mol. The number of benzene rings is 1. The lowest BCUT2D eigenvalue weighted by molar-refractivity contribution is -0.394. The molecule has 0 unspecified atom stereocenters. The average molecular weight is 619 g/mol. The van der Waals surface area contributed by atoms with Crippen molar-refractivity contribution in [2.45, 2.75) is 110 Å². The summed E-state index contributed by atoms with van der Waals surface area (Å²) in [4.78, 5) is 45.0. The number of nitrogens with zero attached hydrogens (tertiary/aromatic N) is 2. The number of carbonyl (C=O) groups excluding carboxylic acids is 2. The van der Waals surface area contributed by atoms with E-state index in [1.807, 2.05) is 0 Å². The molecule has 0 aliphatic carbocycles. The molecule has 0 heterocycles. The SMILES string of the molecule is CCCCCCCCCCCCCCCCCC(=O)NC(=O)c1cc([N+](=O)[O-])cc([N+](=O)[O-])c1I=O. The van der Waals surface area contributed by atoms with Crippen molar-refractivity contribution in [3.63, 3.8) is 0 Å². The number of rotatable bonds is 20. The maximum Gasteiger partial charge on any atom is 0.293 e. The Balaban J connectivity index is 2.27. The molecule has 1 N–H and O–H groups in total. The number of non-ortho nitro benzene ring substituents is 1. The highest BCUT2D eigenvalue weighted by Gasteiger charge is 2.28. The fourth-order valence-corrected chi connectivity index (χ4v) is 5.21. The molecule has 202 valence electrons. The molecule has 0 fully saturated rings. The summed E-state index contributed by atoms with van der Waals surface area (Å²) in [7, 11) is 0. The summed E-state index contributed by atoms with van der Waals surface area (Å²) in [6, 6.07) is 1.48. The molecule has 0 aromatic heterocycles. The van der Waals surface area contributed by atoms with Crippen LogP contribution in [-0.2, 0) is 7.86 Å². The van der Waals surface area contributed by atoms with Crippen LogP contribution in [0.25, 0.3) is 0 Å². The quantitative estimate of drug-likeness (QED) is 0.0687. The Morgan fingerprint density at radius 1 is 0.778 bits per heavy atom. The summed E-state index contributed by atoms with van der Waals surface area (Å²) < 4.78 is 11.2. The Bertz CT molecular complexity index is 893. The van der Waals surface area contributed by atoms with E-state index in [1.165, 1.54) is 70.6 Å². The normalized spacial score (nSPS) is 10.8. The van der Waals surface area contributed by atoms with Crippen molar-refractivity contribution < 1.29 is 22.5 Å². The van der Waals surface area contributed by atoms with Crippen LogP contribution in [0.4, 0.5) is 11.4 Å². The molecule has 0 aliphatic heterocycles. The van der Waals surface area contributed by atoms with Gasteiger partial charge in [0.25, 0.3) is 17.3 Å². The Kier molecular flexibility index (Phi) is 16.6. The van der Waals surface area contributed by atoms with Crippen molar-refractivity contribution in [1.82, 2.24) is 5.32 Å². The molecule has 1 aromatic rings. The highest BCUT2D eigenvalue weighted by molar-refractivity contribution is 14.1. The van der Waals surface area contributed by atoms with Gasteiger partial charge in [-0.25, -0.2) is 0 Å². The second-order valence-electron chi connectivity index (χ2n) is 8.99. The van der Waals surface area contributed by atoms with Gasteiger partial charge in [-0.05, 0) is 6.42 Å². The first kappa shape index (κ1) is 31.7. The second kappa shape index (κ2) is 18.9.